The number of hydrogen-bond donors (Lipinski definition) is 0. The Hall–Kier alpha value is -1.61. The maximum Gasteiger partial charge on any atom is 0.159 e. The van der Waals surface area contributed by atoms with Crippen LogP contribution in [-0.4, -0.2) is 17.1 Å². The molecular formula is C14H15ClN2O. The van der Waals surface area contributed by atoms with Crippen molar-refractivity contribution in [1.29, 1.82) is 0 Å². The second-order valence-electron chi connectivity index (χ2n) is 4.14. The predicted molar refractivity (Wildman–Crippen MR) is 73.1 cm³/mol. The van der Waals surface area contributed by atoms with E-state index in [0.717, 1.165) is 28.3 Å². The summed E-state index contributed by atoms with van der Waals surface area (Å²) >= 11 is 5.83. The Morgan fingerprint density at radius 3 is 2.56 bits per heavy atom. The van der Waals surface area contributed by atoms with Gasteiger partial charge in [-0.05, 0) is 43.7 Å². The Morgan fingerprint density at radius 1 is 1.17 bits per heavy atom. The van der Waals surface area contributed by atoms with Gasteiger partial charge >= 0.3 is 0 Å². The van der Waals surface area contributed by atoms with Gasteiger partial charge in [-0.1, -0.05) is 0 Å². The zero-order chi connectivity index (χ0) is 13.1. The van der Waals surface area contributed by atoms with Gasteiger partial charge in [0.25, 0.3) is 0 Å². The van der Waals surface area contributed by atoms with E-state index in [1.807, 2.05) is 38.1 Å². The van der Waals surface area contributed by atoms with E-state index >= 15 is 0 Å². The van der Waals surface area contributed by atoms with Gasteiger partial charge in [0.1, 0.15) is 5.75 Å². The SMILES string of the molecule is COc1ccc(-c2nc(C)cc(CCl)n2)cc1C. The van der Waals surface area contributed by atoms with Gasteiger partial charge < -0.3 is 4.74 Å². The summed E-state index contributed by atoms with van der Waals surface area (Å²) in [6.07, 6.45) is 0. The van der Waals surface area contributed by atoms with E-state index in [2.05, 4.69) is 9.97 Å². The lowest BCUT2D eigenvalue weighted by Crippen LogP contribution is -1.97. The van der Waals surface area contributed by atoms with Gasteiger partial charge in [-0.2, -0.15) is 0 Å². The molecule has 0 aliphatic heterocycles. The van der Waals surface area contributed by atoms with Crippen LogP contribution in [0.15, 0.2) is 24.3 Å². The normalized spacial score (nSPS) is 10.4. The first-order valence-electron chi connectivity index (χ1n) is 5.69. The number of hydrogen-bond acceptors (Lipinski definition) is 3. The molecule has 0 saturated carbocycles. The van der Waals surface area contributed by atoms with Crippen molar-refractivity contribution in [3.8, 4) is 17.1 Å². The quantitative estimate of drug-likeness (QED) is 0.794. The standard InChI is InChI=1S/C14H15ClN2O/c1-9-6-11(4-5-13(9)18-3)14-16-10(2)7-12(8-15)17-14/h4-7H,8H2,1-3H3. The van der Waals surface area contributed by atoms with E-state index in [1.165, 1.54) is 0 Å². The number of benzene rings is 1. The Kier molecular flexibility index (Phi) is 3.82. The first kappa shape index (κ1) is 12.8. The van der Waals surface area contributed by atoms with Crippen LogP contribution in [0.25, 0.3) is 11.4 Å². The van der Waals surface area contributed by atoms with E-state index < -0.39 is 0 Å². The zero-order valence-electron chi connectivity index (χ0n) is 10.7. The van der Waals surface area contributed by atoms with Gasteiger partial charge in [0.15, 0.2) is 5.82 Å². The third-order valence-electron chi connectivity index (χ3n) is 2.70. The largest absolute Gasteiger partial charge is 0.496 e. The molecule has 0 N–H and O–H groups in total. The Balaban J connectivity index is 2.48. The molecule has 0 aliphatic rings. The summed E-state index contributed by atoms with van der Waals surface area (Å²) in [7, 11) is 1.66. The van der Waals surface area contributed by atoms with Gasteiger partial charge in [-0.15, -0.1) is 11.6 Å². The minimum Gasteiger partial charge on any atom is -0.496 e. The van der Waals surface area contributed by atoms with Gasteiger partial charge in [0.2, 0.25) is 0 Å². The van der Waals surface area contributed by atoms with Crippen LogP contribution in [0.1, 0.15) is 17.0 Å². The van der Waals surface area contributed by atoms with Crippen molar-refractivity contribution >= 4 is 11.6 Å². The summed E-state index contributed by atoms with van der Waals surface area (Å²) in [6.45, 7) is 3.94. The zero-order valence-corrected chi connectivity index (χ0v) is 11.5. The Bertz CT molecular complexity index is 570. The van der Waals surface area contributed by atoms with Crippen molar-refractivity contribution in [2.75, 3.05) is 7.11 Å². The molecule has 0 aliphatic carbocycles. The molecule has 3 nitrogen and oxygen atoms in total. The van der Waals surface area contributed by atoms with Crippen LogP contribution < -0.4 is 4.74 Å². The average Bonchev–Trinajstić information content (AvgIpc) is 2.37. The lowest BCUT2D eigenvalue weighted by Gasteiger charge is -2.08. The number of aromatic nitrogens is 2. The van der Waals surface area contributed by atoms with Crippen molar-refractivity contribution in [3.63, 3.8) is 0 Å². The molecule has 1 aromatic carbocycles. The smallest absolute Gasteiger partial charge is 0.159 e. The van der Waals surface area contributed by atoms with Crippen LogP contribution in [-0.2, 0) is 5.88 Å². The molecule has 2 rings (SSSR count). The van der Waals surface area contributed by atoms with Crippen LogP contribution in [0.3, 0.4) is 0 Å². The maximum absolute atomic E-state index is 5.83. The lowest BCUT2D eigenvalue weighted by atomic mass is 10.1. The minimum absolute atomic E-state index is 0.394. The monoisotopic (exact) mass is 262 g/mol. The Labute approximate surface area is 112 Å². The maximum atomic E-state index is 5.83. The second-order valence-corrected chi connectivity index (χ2v) is 4.41. The highest BCUT2D eigenvalue weighted by Crippen LogP contribution is 2.24. The van der Waals surface area contributed by atoms with Crippen LogP contribution in [0.4, 0.5) is 0 Å². The van der Waals surface area contributed by atoms with E-state index in [-0.39, 0.29) is 0 Å². The van der Waals surface area contributed by atoms with Gasteiger partial charge in [-0.3, -0.25) is 0 Å². The van der Waals surface area contributed by atoms with Crippen molar-refractivity contribution in [1.82, 2.24) is 9.97 Å². The van der Waals surface area contributed by atoms with E-state index in [9.17, 15) is 0 Å². The number of ether oxygens (including phenoxy) is 1. The summed E-state index contributed by atoms with van der Waals surface area (Å²) in [5.41, 5.74) is 3.80. The molecule has 0 unspecified atom stereocenters. The highest BCUT2D eigenvalue weighted by Gasteiger charge is 2.07. The molecule has 0 saturated heterocycles. The first-order valence-corrected chi connectivity index (χ1v) is 6.23. The molecule has 0 spiro atoms. The van der Waals surface area contributed by atoms with Crippen LogP contribution in [0.2, 0.25) is 0 Å². The summed E-state index contributed by atoms with van der Waals surface area (Å²) in [5, 5.41) is 0. The van der Waals surface area contributed by atoms with Gasteiger partial charge in [-0.25, -0.2) is 9.97 Å². The molecule has 94 valence electrons. The molecule has 4 heteroatoms. The van der Waals surface area contributed by atoms with Crippen LogP contribution >= 0.6 is 11.6 Å². The first-order chi connectivity index (χ1) is 8.63. The fraction of sp³-hybridized carbons (Fsp3) is 0.286. The molecule has 0 atom stereocenters. The number of nitrogens with zero attached hydrogens (tertiary/aromatic N) is 2. The van der Waals surface area contributed by atoms with Crippen molar-refractivity contribution in [3.05, 3.63) is 41.2 Å². The Morgan fingerprint density at radius 2 is 1.94 bits per heavy atom. The number of methoxy groups -OCH3 is 1. The van der Waals surface area contributed by atoms with E-state index in [0.29, 0.717) is 11.7 Å². The molecule has 2 aromatic rings. The van der Waals surface area contributed by atoms with Crippen molar-refractivity contribution in [2.24, 2.45) is 0 Å². The van der Waals surface area contributed by atoms with Crippen molar-refractivity contribution < 1.29 is 4.74 Å². The molecule has 0 fully saturated rings. The van der Waals surface area contributed by atoms with E-state index in [1.54, 1.807) is 7.11 Å². The minimum atomic E-state index is 0.394. The third-order valence-corrected chi connectivity index (χ3v) is 2.97. The van der Waals surface area contributed by atoms with Gasteiger partial charge in [0.05, 0.1) is 18.7 Å². The average molecular weight is 263 g/mol. The molecular weight excluding hydrogens is 248 g/mol. The van der Waals surface area contributed by atoms with Crippen molar-refractivity contribution in [2.45, 2.75) is 19.7 Å². The second kappa shape index (κ2) is 5.36. The molecule has 18 heavy (non-hydrogen) atoms. The molecule has 0 bridgehead atoms. The fourth-order valence-electron chi connectivity index (χ4n) is 1.85. The summed E-state index contributed by atoms with van der Waals surface area (Å²) < 4.78 is 5.24. The predicted octanol–water partition coefficient (Wildman–Crippen LogP) is 3.51. The number of aryl methyl sites for hydroxylation is 2. The van der Waals surface area contributed by atoms with Crippen LogP contribution in [0, 0.1) is 13.8 Å². The number of alkyl halides is 1. The van der Waals surface area contributed by atoms with Gasteiger partial charge in [0, 0.05) is 11.3 Å². The number of halogens is 1. The fourth-order valence-corrected chi connectivity index (χ4v) is 1.99. The van der Waals surface area contributed by atoms with Crippen LogP contribution in [0.5, 0.6) is 5.75 Å². The third kappa shape index (κ3) is 2.62. The summed E-state index contributed by atoms with van der Waals surface area (Å²) in [5.74, 6) is 1.96. The topological polar surface area (TPSA) is 35.0 Å². The molecule has 0 amide bonds. The lowest BCUT2D eigenvalue weighted by molar-refractivity contribution is 0.412. The molecule has 1 aromatic heterocycles. The highest BCUT2D eigenvalue weighted by molar-refractivity contribution is 6.16. The van der Waals surface area contributed by atoms with E-state index in [4.69, 9.17) is 16.3 Å². The summed E-state index contributed by atoms with van der Waals surface area (Å²) in [6, 6.07) is 7.80. The molecule has 1 heterocycles. The molecule has 0 radical (unpaired) electrons. The number of rotatable bonds is 3. The highest BCUT2D eigenvalue weighted by atomic mass is 35.5. The summed E-state index contributed by atoms with van der Waals surface area (Å²) in [4.78, 5) is 8.87.